The first-order valence-electron chi connectivity index (χ1n) is 22.1. The number of likely N-dealkylation sites (tertiary alicyclic amines) is 3. The van der Waals surface area contributed by atoms with Crippen molar-refractivity contribution in [2.75, 3.05) is 97.0 Å². The zero-order valence-corrected chi connectivity index (χ0v) is 35.2. The van der Waals surface area contributed by atoms with E-state index in [4.69, 9.17) is 9.47 Å². The number of phenols is 1. The number of urea groups is 1. The van der Waals surface area contributed by atoms with E-state index in [9.17, 15) is 24.3 Å². The Morgan fingerprint density at radius 2 is 1.43 bits per heavy atom. The van der Waals surface area contributed by atoms with Crippen LogP contribution in [0.4, 0.5) is 15.3 Å². The van der Waals surface area contributed by atoms with Crippen LogP contribution in [0.1, 0.15) is 81.0 Å². The van der Waals surface area contributed by atoms with Gasteiger partial charge >= 0.3 is 18.1 Å². The summed E-state index contributed by atoms with van der Waals surface area (Å²) in [4.78, 5) is 66.2. The Kier molecular flexibility index (Phi) is 16.1. The van der Waals surface area contributed by atoms with Crippen molar-refractivity contribution in [2.24, 2.45) is 0 Å². The number of anilines is 1. The molecule has 0 unspecified atom stereocenters. The van der Waals surface area contributed by atoms with E-state index in [-0.39, 0.29) is 43.5 Å². The van der Waals surface area contributed by atoms with Gasteiger partial charge in [-0.3, -0.25) is 19.4 Å². The Morgan fingerprint density at radius 3 is 2.13 bits per heavy atom. The topological polar surface area (TPSA) is 138 Å². The molecule has 14 nitrogen and oxygen atoms in total. The maximum atomic E-state index is 14.2. The third-order valence-electron chi connectivity index (χ3n) is 13.2. The van der Waals surface area contributed by atoms with Gasteiger partial charge in [-0.05, 0) is 113 Å². The molecule has 5 aliphatic rings. The minimum Gasteiger partial charge on any atom is -0.507 e. The lowest BCUT2D eigenvalue weighted by atomic mass is 10.00. The van der Waals surface area contributed by atoms with E-state index >= 15 is 0 Å². The van der Waals surface area contributed by atoms with Gasteiger partial charge in [0.2, 0.25) is 0 Å². The fourth-order valence-corrected chi connectivity index (χ4v) is 9.66. The van der Waals surface area contributed by atoms with Gasteiger partial charge in [0.05, 0.1) is 6.42 Å². The van der Waals surface area contributed by atoms with E-state index in [2.05, 4.69) is 20.0 Å². The minimum absolute atomic E-state index is 0. The number of benzene rings is 2. The molecule has 4 fully saturated rings. The van der Waals surface area contributed by atoms with Crippen LogP contribution >= 0.6 is 0 Å². The van der Waals surface area contributed by atoms with E-state index in [1.54, 1.807) is 4.90 Å². The van der Waals surface area contributed by atoms with Crippen LogP contribution in [0.3, 0.4) is 0 Å². The molecule has 5 aliphatic heterocycles. The molecule has 5 heterocycles. The molecule has 2 N–H and O–H groups in total. The molecule has 0 saturated carbocycles. The predicted octanol–water partition coefficient (Wildman–Crippen LogP) is 5.28. The molecule has 330 valence electrons. The predicted molar refractivity (Wildman–Crippen MR) is 232 cm³/mol. The Bertz CT molecular complexity index is 1740. The highest BCUT2D eigenvalue weighted by Gasteiger charge is 2.36. The Morgan fingerprint density at radius 1 is 0.783 bits per heavy atom. The normalized spacial score (nSPS) is 20.7. The minimum atomic E-state index is -1.01. The van der Waals surface area contributed by atoms with E-state index in [1.165, 1.54) is 19.3 Å². The summed E-state index contributed by atoms with van der Waals surface area (Å²) in [5.41, 5.74) is 4.22. The molecule has 0 aliphatic carbocycles. The van der Waals surface area contributed by atoms with Crippen molar-refractivity contribution in [3.8, 4) is 5.75 Å². The number of phenolic OH excluding ortho intramolecular Hbond substituents is 1. The second-order valence-corrected chi connectivity index (χ2v) is 17.2. The maximum Gasteiger partial charge on any atom is 0.410 e. The molecule has 1 atom stereocenters. The second kappa shape index (κ2) is 21.4. The van der Waals surface area contributed by atoms with Gasteiger partial charge in [0.1, 0.15) is 12.4 Å². The molecular weight excluding hydrogens is 763 g/mol. The molecule has 0 radical (unpaired) electrons. The lowest BCUT2D eigenvalue weighted by Crippen LogP contribution is -2.56. The third-order valence-corrected chi connectivity index (χ3v) is 13.2. The lowest BCUT2D eigenvalue weighted by molar-refractivity contribution is -0.145. The second-order valence-electron chi connectivity index (χ2n) is 17.2. The highest BCUT2D eigenvalue weighted by molar-refractivity contribution is 5.91. The van der Waals surface area contributed by atoms with Crippen LogP contribution in [0.15, 0.2) is 36.4 Å². The van der Waals surface area contributed by atoms with Crippen molar-refractivity contribution in [1.29, 1.82) is 0 Å². The van der Waals surface area contributed by atoms with Gasteiger partial charge in [-0.15, -0.1) is 0 Å². The van der Waals surface area contributed by atoms with Gasteiger partial charge < -0.3 is 39.5 Å². The summed E-state index contributed by atoms with van der Waals surface area (Å²) in [7, 11) is 0. The van der Waals surface area contributed by atoms with Gasteiger partial charge in [0.15, 0.2) is 6.10 Å². The first-order chi connectivity index (χ1) is 28.6. The first-order valence-corrected chi connectivity index (χ1v) is 22.1. The number of piperidine rings is 3. The lowest BCUT2D eigenvalue weighted by Gasteiger charge is -2.43. The number of aryl methyl sites for hydroxylation is 2. The van der Waals surface area contributed by atoms with Crippen molar-refractivity contribution >= 4 is 29.7 Å². The fraction of sp³-hybridized carbons (Fsp3) is 0.652. The number of carbonyl (C=O) groups excluding carboxylic acids is 4. The van der Waals surface area contributed by atoms with E-state index < -0.39 is 12.2 Å². The summed E-state index contributed by atoms with van der Waals surface area (Å²) in [6.45, 7) is 13.9. The highest BCUT2D eigenvalue weighted by Crippen LogP contribution is 2.27. The monoisotopic (exact) mass is 832 g/mol. The van der Waals surface area contributed by atoms with Crippen LogP contribution in [-0.4, -0.2) is 168 Å². The fourth-order valence-electron chi connectivity index (χ4n) is 9.66. The summed E-state index contributed by atoms with van der Waals surface area (Å²) in [6, 6.07) is 11.9. The van der Waals surface area contributed by atoms with E-state index in [0.29, 0.717) is 75.8 Å². The number of hydrogen-bond donors (Lipinski definition) is 2. The average molecular weight is 832 g/mol. The molecule has 0 aromatic heterocycles. The Hall–Kier alpha value is -4.40. The van der Waals surface area contributed by atoms with Crippen LogP contribution in [0.5, 0.6) is 5.75 Å². The zero-order chi connectivity index (χ0) is 41.3. The number of rotatable bonds is 12. The van der Waals surface area contributed by atoms with Gasteiger partial charge in [0, 0.05) is 83.1 Å². The molecule has 14 heteroatoms. The van der Waals surface area contributed by atoms with E-state index in [0.717, 1.165) is 88.4 Å². The number of carbonyl (C=O) groups is 4. The quantitative estimate of drug-likeness (QED) is 0.272. The van der Waals surface area contributed by atoms with Crippen LogP contribution in [0.25, 0.3) is 0 Å². The number of piperazine rings is 1. The average Bonchev–Trinajstić information content (AvgIpc) is 3.43. The number of nitrogens with one attached hydrogen (secondary N) is 1. The van der Waals surface area contributed by atoms with Gasteiger partial charge in [-0.2, -0.15) is 0 Å². The first kappa shape index (κ1) is 45.1. The van der Waals surface area contributed by atoms with Crippen molar-refractivity contribution in [3.05, 3.63) is 58.7 Å². The van der Waals surface area contributed by atoms with Crippen LogP contribution < -0.4 is 5.32 Å². The standard InChI is InChI=1S/C45H65N7O7.CH4/c1-33-30-35(31-34(2)42(33)54)32-40(59-45(57)51-21-13-38(14-22-51)52-23-10-36-8-4-5-9-39(36)46-44(52)56)43(55)50-26-24-49(25-27-50)37-11-18-48(19-12-37)20-15-41(53)58-29-28-47-16-6-3-7-17-47;/h4-5,8-9,30-31,37-38,40,54H,3,6-7,10-29,32H2,1-2H3,(H,46,56);1H4/t40-;/m1./s1. The third kappa shape index (κ3) is 11.7. The Balaban J connectivity index is 0.00000604. The van der Waals surface area contributed by atoms with Crippen molar-refractivity contribution < 1.29 is 33.8 Å². The van der Waals surface area contributed by atoms with E-state index in [1.807, 2.05) is 60.0 Å². The maximum absolute atomic E-state index is 14.2. The van der Waals surface area contributed by atoms with Crippen molar-refractivity contribution in [3.63, 3.8) is 0 Å². The molecule has 2 aromatic rings. The molecule has 4 saturated heterocycles. The van der Waals surface area contributed by atoms with Gasteiger partial charge in [-0.25, -0.2) is 9.59 Å². The number of fused-ring (bicyclic) bond motifs is 1. The summed E-state index contributed by atoms with van der Waals surface area (Å²) in [5.74, 6) is -0.0871. The van der Waals surface area contributed by atoms with Gasteiger partial charge in [-0.1, -0.05) is 44.2 Å². The van der Waals surface area contributed by atoms with Crippen LogP contribution in [0, 0.1) is 13.8 Å². The van der Waals surface area contributed by atoms with Crippen molar-refractivity contribution in [1.82, 2.24) is 29.4 Å². The van der Waals surface area contributed by atoms with Crippen molar-refractivity contribution in [2.45, 2.75) is 104 Å². The summed E-state index contributed by atoms with van der Waals surface area (Å²) in [6.07, 6.45) is 6.93. The molecule has 4 amide bonds. The Labute approximate surface area is 357 Å². The zero-order valence-electron chi connectivity index (χ0n) is 35.2. The summed E-state index contributed by atoms with van der Waals surface area (Å²) in [5, 5.41) is 13.5. The molecule has 7 rings (SSSR count). The SMILES string of the molecule is C.Cc1cc(C[C@@H](OC(=O)N2CCC(N3CCc4ccccc4NC3=O)CC2)C(=O)N2CCN(C3CCN(CCC(=O)OCCN4CCCCC4)CC3)CC2)cc(C)c1O. The largest absolute Gasteiger partial charge is 0.507 e. The van der Waals surface area contributed by atoms with Crippen LogP contribution in [-0.2, 0) is 31.9 Å². The van der Waals surface area contributed by atoms with Gasteiger partial charge in [0.25, 0.3) is 5.91 Å². The summed E-state index contributed by atoms with van der Waals surface area (Å²) >= 11 is 0. The smallest absolute Gasteiger partial charge is 0.410 e. The molecule has 60 heavy (non-hydrogen) atoms. The number of aromatic hydroxyl groups is 1. The molecule has 0 spiro atoms. The number of hydrogen-bond acceptors (Lipinski definition) is 10. The number of amides is 4. The summed E-state index contributed by atoms with van der Waals surface area (Å²) < 4.78 is 11.7. The number of para-hydroxylation sites is 1. The van der Waals surface area contributed by atoms with Crippen LogP contribution in [0.2, 0.25) is 0 Å². The molecule has 0 bridgehead atoms. The highest BCUT2D eigenvalue weighted by atomic mass is 16.6. The molecular formula is C46H69N7O7. The number of nitrogens with zero attached hydrogens (tertiary/aromatic N) is 6. The number of esters is 1. The number of ether oxygens (including phenoxy) is 2. The molecule has 2 aromatic carbocycles.